The molecule has 3 atom stereocenters. The molecule has 0 spiro atoms. The highest BCUT2D eigenvalue weighted by atomic mass is 14.9. The van der Waals surface area contributed by atoms with Crippen LogP contribution in [-0.4, -0.2) is 12.6 Å². The predicted molar refractivity (Wildman–Crippen MR) is 57.4 cm³/mol. The third-order valence-corrected chi connectivity index (χ3v) is 3.27. The van der Waals surface area contributed by atoms with Crippen LogP contribution < -0.4 is 5.32 Å². The molecule has 74 valence electrons. The maximum atomic E-state index is 5.39. The van der Waals surface area contributed by atoms with Gasteiger partial charge in [0.05, 0.1) is 6.04 Å². The van der Waals surface area contributed by atoms with Gasteiger partial charge in [0.1, 0.15) is 0 Å². The van der Waals surface area contributed by atoms with E-state index < -0.39 is 0 Å². The molecule has 1 aliphatic carbocycles. The zero-order chi connectivity index (χ0) is 9.68. The summed E-state index contributed by atoms with van der Waals surface area (Å²) in [6.45, 7) is 5.61. The summed E-state index contributed by atoms with van der Waals surface area (Å²) >= 11 is 0. The van der Waals surface area contributed by atoms with Gasteiger partial charge in [0, 0.05) is 0 Å². The van der Waals surface area contributed by atoms with Gasteiger partial charge >= 0.3 is 0 Å². The van der Waals surface area contributed by atoms with Crippen LogP contribution in [0.5, 0.6) is 0 Å². The molecule has 3 unspecified atom stereocenters. The largest absolute Gasteiger partial charge is 0.303 e. The first-order valence-electron chi connectivity index (χ1n) is 5.47. The van der Waals surface area contributed by atoms with Gasteiger partial charge in [0.25, 0.3) is 0 Å². The van der Waals surface area contributed by atoms with Crippen molar-refractivity contribution in [2.24, 2.45) is 11.8 Å². The van der Waals surface area contributed by atoms with Crippen LogP contribution in [0.3, 0.4) is 0 Å². The van der Waals surface area contributed by atoms with E-state index in [0.717, 1.165) is 24.8 Å². The van der Waals surface area contributed by atoms with Crippen LogP contribution in [0.2, 0.25) is 0 Å². The molecule has 0 radical (unpaired) electrons. The minimum Gasteiger partial charge on any atom is -0.303 e. The number of nitrogens with one attached hydrogen (secondary N) is 1. The number of hydrogen-bond donors (Lipinski definition) is 1. The lowest BCUT2D eigenvalue weighted by molar-refractivity contribution is 0.381. The molecule has 0 aromatic rings. The zero-order valence-corrected chi connectivity index (χ0v) is 8.84. The first-order valence-corrected chi connectivity index (χ1v) is 5.47. The van der Waals surface area contributed by atoms with Crippen LogP contribution in [0.4, 0.5) is 0 Å². The summed E-state index contributed by atoms with van der Waals surface area (Å²) in [7, 11) is 0. The van der Waals surface area contributed by atoms with Gasteiger partial charge in [-0.15, -0.1) is 6.42 Å². The number of terminal acetylenes is 1. The van der Waals surface area contributed by atoms with Gasteiger partial charge < -0.3 is 5.32 Å². The van der Waals surface area contributed by atoms with Gasteiger partial charge in [-0.1, -0.05) is 32.6 Å². The monoisotopic (exact) mass is 179 g/mol. The van der Waals surface area contributed by atoms with Gasteiger partial charge in [-0.2, -0.15) is 0 Å². The second kappa shape index (κ2) is 5.29. The van der Waals surface area contributed by atoms with E-state index in [1.807, 2.05) is 0 Å². The van der Waals surface area contributed by atoms with Gasteiger partial charge in [0.2, 0.25) is 0 Å². The number of rotatable bonds is 4. The molecule has 0 aliphatic heterocycles. The highest BCUT2D eigenvalue weighted by Crippen LogP contribution is 2.30. The summed E-state index contributed by atoms with van der Waals surface area (Å²) < 4.78 is 0. The molecule has 1 nitrogen and oxygen atoms in total. The van der Waals surface area contributed by atoms with Crippen LogP contribution in [0.15, 0.2) is 0 Å². The third kappa shape index (κ3) is 3.04. The molecule has 1 aliphatic rings. The van der Waals surface area contributed by atoms with Gasteiger partial charge in [-0.3, -0.25) is 0 Å². The van der Waals surface area contributed by atoms with Crippen molar-refractivity contribution in [3.63, 3.8) is 0 Å². The fourth-order valence-electron chi connectivity index (χ4n) is 2.14. The van der Waals surface area contributed by atoms with Gasteiger partial charge in [-0.05, 0) is 31.2 Å². The fraction of sp³-hybridized carbons (Fsp3) is 0.833. The van der Waals surface area contributed by atoms with Crippen LogP contribution in [0, 0.1) is 24.2 Å². The van der Waals surface area contributed by atoms with Crippen molar-refractivity contribution in [2.45, 2.75) is 45.6 Å². The molecular weight excluding hydrogens is 158 g/mol. The molecule has 0 saturated heterocycles. The maximum Gasteiger partial charge on any atom is 0.0684 e. The molecular formula is C12H21N. The Balaban J connectivity index is 2.22. The second-order valence-electron chi connectivity index (χ2n) is 4.20. The molecule has 1 saturated carbocycles. The van der Waals surface area contributed by atoms with Crippen molar-refractivity contribution in [3.05, 3.63) is 0 Å². The summed E-state index contributed by atoms with van der Waals surface area (Å²) in [6.07, 6.45) is 10.6. The van der Waals surface area contributed by atoms with Crippen molar-refractivity contribution in [1.82, 2.24) is 5.32 Å². The van der Waals surface area contributed by atoms with Crippen LogP contribution in [-0.2, 0) is 0 Å². The van der Waals surface area contributed by atoms with Crippen LogP contribution in [0.25, 0.3) is 0 Å². The van der Waals surface area contributed by atoms with Crippen molar-refractivity contribution in [2.75, 3.05) is 6.54 Å². The van der Waals surface area contributed by atoms with Crippen molar-refractivity contribution in [1.29, 1.82) is 0 Å². The zero-order valence-electron chi connectivity index (χ0n) is 8.84. The van der Waals surface area contributed by atoms with Gasteiger partial charge in [0.15, 0.2) is 0 Å². The van der Waals surface area contributed by atoms with Crippen LogP contribution in [0.1, 0.15) is 39.5 Å². The Morgan fingerprint density at radius 3 is 2.77 bits per heavy atom. The highest BCUT2D eigenvalue weighted by Gasteiger charge is 2.23. The fourth-order valence-corrected chi connectivity index (χ4v) is 2.14. The van der Waals surface area contributed by atoms with E-state index in [2.05, 4.69) is 25.1 Å². The molecule has 1 N–H and O–H groups in total. The summed E-state index contributed by atoms with van der Waals surface area (Å²) in [5.74, 6) is 4.53. The lowest BCUT2D eigenvalue weighted by atomic mass is 9.98. The Hall–Kier alpha value is -0.480. The molecule has 1 rings (SSSR count). The average molecular weight is 179 g/mol. The molecule has 0 aromatic heterocycles. The van der Waals surface area contributed by atoms with E-state index in [-0.39, 0.29) is 6.04 Å². The Morgan fingerprint density at radius 1 is 1.54 bits per heavy atom. The number of hydrogen-bond acceptors (Lipinski definition) is 1. The lowest BCUT2D eigenvalue weighted by Crippen LogP contribution is -2.32. The van der Waals surface area contributed by atoms with Crippen molar-refractivity contribution in [3.8, 4) is 12.3 Å². The third-order valence-electron chi connectivity index (χ3n) is 3.27. The Bertz CT molecular complexity index is 180. The summed E-state index contributed by atoms with van der Waals surface area (Å²) in [4.78, 5) is 0. The molecule has 0 bridgehead atoms. The highest BCUT2D eigenvalue weighted by molar-refractivity contribution is 4.98. The van der Waals surface area contributed by atoms with E-state index >= 15 is 0 Å². The minimum absolute atomic E-state index is 0.285. The first-order chi connectivity index (χ1) is 6.27. The summed E-state index contributed by atoms with van der Waals surface area (Å²) in [6, 6.07) is 0.285. The van der Waals surface area contributed by atoms with Gasteiger partial charge in [-0.25, -0.2) is 0 Å². The van der Waals surface area contributed by atoms with E-state index in [1.54, 1.807) is 0 Å². The van der Waals surface area contributed by atoms with E-state index in [0.29, 0.717) is 0 Å². The average Bonchev–Trinajstić information content (AvgIpc) is 2.54. The topological polar surface area (TPSA) is 12.0 Å². The molecule has 0 aromatic carbocycles. The van der Waals surface area contributed by atoms with E-state index in [9.17, 15) is 0 Å². The lowest BCUT2D eigenvalue weighted by Gasteiger charge is -2.18. The van der Waals surface area contributed by atoms with Crippen molar-refractivity contribution < 1.29 is 0 Å². The van der Waals surface area contributed by atoms with E-state index in [1.165, 1.54) is 19.3 Å². The Morgan fingerprint density at radius 2 is 2.31 bits per heavy atom. The maximum absolute atomic E-state index is 5.39. The smallest absolute Gasteiger partial charge is 0.0684 e. The van der Waals surface area contributed by atoms with Crippen LogP contribution >= 0.6 is 0 Å². The molecule has 0 amide bonds. The Kier molecular flexibility index (Phi) is 4.32. The summed E-state index contributed by atoms with van der Waals surface area (Å²) in [5.41, 5.74) is 0. The first kappa shape index (κ1) is 10.6. The molecule has 1 fully saturated rings. The SMILES string of the molecule is C#CC(CC)NCC1CCCC1C. The standard InChI is InChI=1S/C12H21N/c1-4-12(5-2)13-9-11-8-6-7-10(11)3/h1,10-13H,5-9H2,2-3H3. The minimum atomic E-state index is 0.285. The summed E-state index contributed by atoms with van der Waals surface area (Å²) in [5, 5.41) is 3.46. The second-order valence-corrected chi connectivity index (χ2v) is 4.20. The molecule has 13 heavy (non-hydrogen) atoms. The molecule has 1 heteroatoms. The van der Waals surface area contributed by atoms with Crippen molar-refractivity contribution >= 4 is 0 Å². The normalized spacial score (nSPS) is 29.9. The predicted octanol–water partition coefficient (Wildman–Crippen LogP) is 2.42. The quantitative estimate of drug-likeness (QED) is 0.654. The van der Waals surface area contributed by atoms with E-state index in [4.69, 9.17) is 6.42 Å². The Labute approximate surface area is 82.3 Å². The molecule has 0 heterocycles.